The quantitative estimate of drug-likeness (QED) is 0.559. The molecule has 0 saturated carbocycles. The third-order valence-corrected chi connectivity index (χ3v) is 4.30. The van der Waals surface area contributed by atoms with E-state index in [1.54, 1.807) is 13.0 Å². The Morgan fingerprint density at radius 1 is 1.44 bits per heavy atom. The number of nitrogens with one attached hydrogen (secondary N) is 1. The molecule has 1 unspecified atom stereocenters. The number of benzene rings is 1. The Balaban J connectivity index is 2.22. The van der Waals surface area contributed by atoms with Gasteiger partial charge in [-0.25, -0.2) is 9.37 Å². The van der Waals surface area contributed by atoms with Crippen molar-refractivity contribution in [2.45, 2.75) is 19.6 Å². The highest BCUT2D eigenvalue weighted by Gasteiger charge is 2.20. The van der Waals surface area contributed by atoms with E-state index >= 15 is 0 Å². The molecule has 0 aliphatic heterocycles. The zero-order chi connectivity index (χ0) is 18.6. The number of nitrogens with zero attached hydrogens (tertiary/aromatic N) is 1. The van der Waals surface area contributed by atoms with Crippen molar-refractivity contribution in [2.24, 2.45) is 0 Å². The van der Waals surface area contributed by atoms with E-state index in [9.17, 15) is 9.18 Å². The number of pyridine rings is 1. The topological polar surface area (TPSA) is 77.2 Å². The summed E-state index contributed by atoms with van der Waals surface area (Å²) in [7, 11) is 0. The molecule has 5 nitrogen and oxygen atoms in total. The van der Waals surface area contributed by atoms with Crippen molar-refractivity contribution in [3.8, 4) is 5.75 Å². The third-order valence-electron chi connectivity index (χ3n) is 3.34. The van der Waals surface area contributed by atoms with E-state index < -0.39 is 11.9 Å². The lowest BCUT2D eigenvalue weighted by atomic mass is 10.1. The molecule has 0 radical (unpaired) electrons. The van der Waals surface area contributed by atoms with Gasteiger partial charge in [0.1, 0.15) is 17.8 Å². The summed E-state index contributed by atoms with van der Waals surface area (Å²) in [4.78, 5) is 15.2. The minimum Gasteiger partial charge on any atom is -0.482 e. The maximum Gasteiger partial charge on any atom is 0.235 e. The van der Waals surface area contributed by atoms with Crippen LogP contribution in [0.25, 0.3) is 0 Å². The molecule has 0 spiro atoms. The summed E-state index contributed by atoms with van der Waals surface area (Å²) in [5, 5.41) is 2.77. The van der Waals surface area contributed by atoms with Crippen LogP contribution in [0.3, 0.4) is 0 Å². The molecule has 1 atom stereocenters. The van der Waals surface area contributed by atoms with Gasteiger partial charge in [0.05, 0.1) is 5.02 Å². The SMILES string of the molecule is CC(Oc1cc(CNC(=O)CCl)cnc1N)c1c(Cl)ccc(F)c1Cl. The standard InChI is InChI=1S/C16H15Cl3FN3O2/c1-8(14-10(18)2-3-11(20)15(14)19)25-12-4-9(7-23-16(12)21)6-22-13(24)5-17/h2-4,7-8H,5-6H2,1H3,(H2,21,23)(H,22,24). The van der Waals surface area contributed by atoms with Gasteiger partial charge in [0.2, 0.25) is 5.91 Å². The summed E-state index contributed by atoms with van der Waals surface area (Å²) in [6, 6.07) is 4.20. The molecule has 0 aliphatic rings. The monoisotopic (exact) mass is 405 g/mol. The average molecular weight is 407 g/mol. The summed E-state index contributed by atoms with van der Waals surface area (Å²) in [6.07, 6.45) is 0.830. The minimum atomic E-state index is -0.674. The van der Waals surface area contributed by atoms with Gasteiger partial charge in [0, 0.05) is 23.3 Å². The van der Waals surface area contributed by atoms with Crippen molar-refractivity contribution in [3.63, 3.8) is 0 Å². The molecule has 2 aromatic rings. The van der Waals surface area contributed by atoms with Crippen LogP contribution in [0.1, 0.15) is 24.2 Å². The Kier molecular flexibility index (Phi) is 6.70. The van der Waals surface area contributed by atoms with Crippen LogP contribution in [-0.4, -0.2) is 16.8 Å². The molecule has 3 N–H and O–H groups in total. The van der Waals surface area contributed by atoms with Crippen LogP contribution < -0.4 is 15.8 Å². The second kappa shape index (κ2) is 8.56. The van der Waals surface area contributed by atoms with E-state index in [0.29, 0.717) is 11.1 Å². The zero-order valence-corrected chi connectivity index (χ0v) is 15.4. The third kappa shape index (κ3) is 4.87. The first kappa shape index (κ1) is 19.6. The van der Waals surface area contributed by atoms with Crippen LogP contribution in [-0.2, 0) is 11.3 Å². The lowest BCUT2D eigenvalue weighted by Crippen LogP contribution is -2.23. The molecular formula is C16H15Cl3FN3O2. The first-order chi connectivity index (χ1) is 11.8. The van der Waals surface area contributed by atoms with Gasteiger partial charge in [-0.15, -0.1) is 11.6 Å². The summed E-state index contributed by atoms with van der Waals surface area (Å²) >= 11 is 17.5. The first-order valence-corrected chi connectivity index (χ1v) is 8.49. The molecule has 0 aliphatic carbocycles. The highest BCUT2D eigenvalue weighted by atomic mass is 35.5. The number of ether oxygens (including phenoxy) is 1. The molecule has 0 bridgehead atoms. The van der Waals surface area contributed by atoms with Gasteiger partial charge in [-0.1, -0.05) is 23.2 Å². The molecule has 1 aromatic carbocycles. The van der Waals surface area contributed by atoms with E-state index in [0.717, 1.165) is 0 Å². The zero-order valence-electron chi connectivity index (χ0n) is 13.2. The smallest absolute Gasteiger partial charge is 0.235 e. The second-order valence-corrected chi connectivity index (χ2v) is 6.21. The van der Waals surface area contributed by atoms with Gasteiger partial charge in [-0.05, 0) is 30.7 Å². The molecular weight excluding hydrogens is 392 g/mol. The van der Waals surface area contributed by atoms with Crippen LogP contribution in [0.5, 0.6) is 5.75 Å². The highest BCUT2D eigenvalue weighted by Crippen LogP contribution is 2.35. The van der Waals surface area contributed by atoms with Gasteiger partial charge in [0.25, 0.3) is 0 Å². The fourth-order valence-corrected chi connectivity index (χ4v) is 2.87. The van der Waals surface area contributed by atoms with E-state index in [4.69, 9.17) is 45.3 Å². The summed E-state index contributed by atoms with van der Waals surface area (Å²) in [6.45, 7) is 1.87. The van der Waals surface area contributed by atoms with Gasteiger partial charge in [-0.2, -0.15) is 0 Å². The Labute approximate surface area is 159 Å². The number of aromatic nitrogens is 1. The Hall–Kier alpha value is -1.76. The fraction of sp³-hybridized carbons (Fsp3) is 0.250. The van der Waals surface area contributed by atoms with Crippen molar-refractivity contribution >= 4 is 46.5 Å². The van der Waals surface area contributed by atoms with Crippen LogP contribution in [0.4, 0.5) is 10.2 Å². The van der Waals surface area contributed by atoms with Crippen molar-refractivity contribution in [2.75, 3.05) is 11.6 Å². The summed E-state index contributed by atoms with van der Waals surface area (Å²) in [5.74, 6) is -0.642. The number of halogens is 4. The lowest BCUT2D eigenvalue weighted by Gasteiger charge is -2.19. The van der Waals surface area contributed by atoms with Gasteiger partial charge >= 0.3 is 0 Å². The first-order valence-electron chi connectivity index (χ1n) is 7.20. The van der Waals surface area contributed by atoms with Crippen LogP contribution >= 0.6 is 34.8 Å². The van der Waals surface area contributed by atoms with Crippen LogP contribution in [0.15, 0.2) is 24.4 Å². The van der Waals surface area contributed by atoms with Crippen LogP contribution in [0, 0.1) is 5.82 Å². The molecule has 1 aromatic heterocycles. The number of amides is 1. The number of nitrogen functional groups attached to an aromatic ring is 1. The van der Waals surface area contributed by atoms with E-state index in [2.05, 4.69) is 10.3 Å². The highest BCUT2D eigenvalue weighted by molar-refractivity contribution is 6.36. The number of nitrogens with two attached hydrogens (primary N) is 1. The molecule has 25 heavy (non-hydrogen) atoms. The predicted molar refractivity (Wildman–Crippen MR) is 96.7 cm³/mol. The van der Waals surface area contributed by atoms with Gasteiger partial charge < -0.3 is 15.8 Å². The number of hydrogen-bond donors (Lipinski definition) is 2. The van der Waals surface area contributed by atoms with Crippen molar-refractivity contribution in [1.82, 2.24) is 10.3 Å². The van der Waals surface area contributed by atoms with E-state index in [1.165, 1.54) is 18.3 Å². The molecule has 9 heteroatoms. The number of carbonyl (C=O) groups is 1. The van der Waals surface area contributed by atoms with E-state index in [1.807, 2.05) is 0 Å². The number of carbonyl (C=O) groups excluding carboxylic acids is 1. The summed E-state index contributed by atoms with van der Waals surface area (Å²) < 4.78 is 19.4. The Morgan fingerprint density at radius 2 is 2.16 bits per heavy atom. The minimum absolute atomic E-state index is 0.114. The maximum absolute atomic E-state index is 13.7. The lowest BCUT2D eigenvalue weighted by molar-refractivity contribution is -0.118. The van der Waals surface area contributed by atoms with Crippen molar-refractivity contribution in [1.29, 1.82) is 0 Å². The average Bonchev–Trinajstić information content (AvgIpc) is 2.58. The van der Waals surface area contributed by atoms with Gasteiger partial charge in [0.15, 0.2) is 11.6 Å². The molecule has 0 saturated heterocycles. The molecule has 1 heterocycles. The number of hydrogen-bond acceptors (Lipinski definition) is 4. The number of rotatable bonds is 6. The molecule has 1 amide bonds. The molecule has 2 rings (SSSR count). The van der Waals surface area contributed by atoms with Crippen LogP contribution in [0.2, 0.25) is 10.0 Å². The number of alkyl halides is 1. The normalized spacial score (nSPS) is 11.9. The number of anilines is 1. The molecule has 0 fully saturated rings. The maximum atomic E-state index is 13.7. The van der Waals surface area contributed by atoms with E-state index in [-0.39, 0.29) is 39.9 Å². The largest absolute Gasteiger partial charge is 0.482 e. The fourth-order valence-electron chi connectivity index (χ4n) is 2.10. The summed E-state index contributed by atoms with van der Waals surface area (Å²) in [5.41, 5.74) is 6.79. The molecule has 134 valence electrons. The van der Waals surface area contributed by atoms with Crippen molar-refractivity contribution < 1.29 is 13.9 Å². The van der Waals surface area contributed by atoms with Crippen molar-refractivity contribution in [3.05, 3.63) is 51.4 Å². The van der Waals surface area contributed by atoms with Gasteiger partial charge in [-0.3, -0.25) is 4.79 Å². The predicted octanol–water partition coefficient (Wildman–Crippen LogP) is 4.10. The Morgan fingerprint density at radius 3 is 2.84 bits per heavy atom. The second-order valence-electron chi connectivity index (χ2n) is 5.15. The Bertz CT molecular complexity index is 789.